The molecule has 0 fully saturated rings. The molecule has 0 aliphatic heterocycles. The summed E-state index contributed by atoms with van der Waals surface area (Å²) in [6, 6.07) is 0.454. The standard InChI is InChI=1S/C10H20N2O4S4/c1-7(2)12(20-18-10(14)16-5)8(3)6-11-19-17-9(13)15-4/h7-8,11H,6H2,1-5H3. The minimum atomic E-state index is -0.341. The molecule has 0 radical (unpaired) electrons. The summed E-state index contributed by atoms with van der Waals surface area (Å²) in [5.41, 5.74) is 0. The van der Waals surface area contributed by atoms with Crippen molar-refractivity contribution in [3.63, 3.8) is 0 Å². The number of hydrogen-bond acceptors (Lipinski definition) is 10. The Morgan fingerprint density at radius 3 is 2.15 bits per heavy atom. The molecule has 0 amide bonds. The molecule has 0 aromatic carbocycles. The Labute approximate surface area is 135 Å². The van der Waals surface area contributed by atoms with Crippen LogP contribution in [0.4, 0.5) is 9.59 Å². The molecule has 0 rings (SSSR count). The number of carbonyl (C=O) groups excluding carboxylic acids is 2. The second kappa shape index (κ2) is 11.9. The molecule has 20 heavy (non-hydrogen) atoms. The Balaban J connectivity index is 4.06. The third-order valence-corrected chi connectivity index (χ3v) is 6.18. The Morgan fingerprint density at radius 1 is 1.10 bits per heavy atom. The summed E-state index contributed by atoms with van der Waals surface area (Å²) in [6.45, 7) is 6.82. The van der Waals surface area contributed by atoms with Gasteiger partial charge in [-0.05, 0) is 20.8 Å². The number of rotatable bonds is 8. The normalized spacial score (nSPS) is 12.6. The number of nitrogens with zero attached hydrogens (tertiary/aromatic N) is 1. The first kappa shape index (κ1) is 20.3. The Bertz CT molecular complexity index is 307. The van der Waals surface area contributed by atoms with Gasteiger partial charge in [-0.25, -0.2) is 13.9 Å². The van der Waals surface area contributed by atoms with E-state index in [-0.39, 0.29) is 22.7 Å². The van der Waals surface area contributed by atoms with Gasteiger partial charge in [0.25, 0.3) is 0 Å². The van der Waals surface area contributed by atoms with E-state index in [1.54, 1.807) is 0 Å². The van der Waals surface area contributed by atoms with E-state index in [9.17, 15) is 9.59 Å². The lowest BCUT2D eigenvalue weighted by Crippen LogP contribution is -2.38. The largest absolute Gasteiger partial charge is 0.460 e. The third-order valence-electron chi connectivity index (χ3n) is 2.02. The van der Waals surface area contributed by atoms with Crippen LogP contribution in [0.25, 0.3) is 0 Å². The van der Waals surface area contributed by atoms with Crippen molar-refractivity contribution in [2.24, 2.45) is 0 Å². The number of nitrogens with one attached hydrogen (secondary N) is 1. The fraction of sp³-hybridized carbons (Fsp3) is 0.800. The smallest absolute Gasteiger partial charge is 0.379 e. The highest BCUT2D eigenvalue weighted by molar-refractivity contribution is 8.81. The van der Waals surface area contributed by atoms with Gasteiger partial charge >= 0.3 is 10.6 Å². The van der Waals surface area contributed by atoms with Crippen LogP contribution >= 0.6 is 43.5 Å². The Kier molecular flexibility index (Phi) is 12.0. The first-order valence-electron chi connectivity index (χ1n) is 5.77. The maximum Gasteiger partial charge on any atom is 0.379 e. The molecule has 0 aromatic heterocycles. The predicted molar refractivity (Wildman–Crippen MR) is 89.6 cm³/mol. The maximum absolute atomic E-state index is 11.1. The quantitative estimate of drug-likeness (QED) is 0.299. The van der Waals surface area contributed by atoms with Gasteiger partial charge in [-0.1, -0.05) is 0 Å². The molecule has 0 spiro atoms. The first-order chi connectivity index (χ1) is 9.42. The van der Waals surface area contributed by atoms with Gasteiger partial charge in [-0.15, -0.1) is 0 Å². The van der Waals surface area contributed by atoms with E-state index in [1.807, 2.05) is 6.92 Å². The zero-order valence-corrected chi connectivity index (χ0v) is 15.3. The van der Waals surface area contributed by atoms with Crippen LogP contribution in [0, 0.1) is 0 Å². The SMILES string of the molecule is COC(=O)SSNCC(C)N(SSC(=O)OC)C(C)C. The van der Waals surface area contributed by atoms with Crippen molar-refractivity contribution in [3.8, 4) is 0 Å². The lowest BCUT2D eigenvalue weighted by molar-refractivity contribution is 0.200. The highest BCUT2D eigenvalue weighted by atomic mass is 33.1. The van der Waals surface area contributed by atoms with E-state index in [1.165, 1.54) is 36.2 Å². The summed E-state index contributed by atoms with van der Waals surface area (Å²) in [5.74, 6) is 0. The molecule has 0 aliphatic rings. The van der Waals surface area contributed by atoms with Gasteiger partial charge in [0.2, 0.25) is 0 Å². The molecule has 10 heteroatoms. The molecule has 0 aromatic rings. The molecular formula is C10H20N2O4S4. The van der Waals surface area contributed by atoms with Crippen LogP contribution in [-0.4, -0.2) is 47.8 Å². The highest BCUT2D eigenvalue weighted by Crippen LogP contribution is 2.31. The van der Waals surface area contributed by atoms with Gasteiger partial charge in [-0.2, -0.15) is 0 Å². The molecule has 0 saturated heterocycles. The molecular weight excluding hydrogens is 340 g/mol. The summed E-state index contributed by atoms with van der Waals surface area (Å²) in [4.78, 5) is 22.1. The minimum absolute atomic E-state index is 0.183. The van der Waals surface area contributed by atoms with Crippen LogP contribution in [0.1, 0.15) is 20.8 Å². The molecule has 0 bridgehead atoms. The second-order valence-electron chi connectivity index (χ2n) is 3.88. The van der Waals surface area contributed by atoms with Crippen molar-refractivity contribution in [2.45, 2.75) is 32.9 Å². The number of carbonyl (C=O) groups is 2. The van der Waals surface area contributed by atoms with Crippen molar-refractivity contribution in [1.29, 1.82) is 0 Å². The minimum Gasteiger partial charge on any atom is -0.460 e. The van der Waals surface area contributed by atoms with E-state index >= 15 is 0 Å². The highest BCUT2D eigenvalue weighted by Gasteiger charge is 2.20. The fourth-order valence-electron chi connectivity index (χ4n) is 1.12. The van der Waals surface area contributed by atoms with Crippen molar-refractivity contribution < 1.29 is 19.1 Å². The number of ether oxygens (including phenoxy) is 2. The summed E-state index contributed by atoms with van der Waals surface area (Å²) < 4.78 is 14.3. The number of hydrogen-bond donors (Lipinski definition) is 1. The van der Waals surface area contributed by atoms with Crippen LogP contribution < -0.4 is 4.72 Å². The number of methoxy groups -OCH3 is 2. The predicted octanol–water partition coefficient (Wildman–Crippen LogP) is 3.80. The fourth-order valence-corrected chi connectivity index (χ4v) is 4.62. The zero-order chi connectivity index (χ0) is 15.5. The van der Waals surface area contributed by atoms with Crippen molar-refractivity contribution in [1.82, 2.24) is 9.03 Å². The van der Waals surface area contributed by atoms with Gasteiger partial charge < -0.3 is 9.47 Å². The average molecular weight is 361 g/mol. The lowest BCUT2D eigenvalue weighted by atomic mass is 10.3. The van der Waals surface area contributed by atoms with Crippen LogP contribution in [0.2, 0.25) is 0 Å². The molecule has 1 atom stereocenters. The molecule has 0 heterocycles. The van der Waals surface area contributed by atoms with Crippen LogP contribution in [0.15, 0.2) is 0 Å². The Hall–Kier alpha value is 0.260. The molecule has 118 valence electrons. The molecule has 1 unspecified atom stereocenters. The van der Waals surface area contributed by atoms with Crippen molar-refractivity contribution >= 4 is 54.2 Å². The Morgan fingerprint density at radius 2 is 1.65 bits per heavy atom. The van der Waals surface area contributed by atoms with E-state index in [0.29, 0.717) is 6.54 Å². The van der Waals surface area contributed by atoms with E-state index in [2.05, 4.69) is 32.3 Å². The van der Waals surface area contributed by atoms with Gasteiger partial charge in [0.1, 0.15) is 0 Å². The van der Waals surface area contributed by atoms with Gasteiger partial charge in [0, 0.05) is 62.2 Å². The third kappa shape index (κ3) is 9.24. The summed E-state index contributed by atoms with van der Waals surface area (Å²) in [6.07, 6.45) is 0. The maximum atomic E-state index is 11.1. The topological polar surface area (TPSA) is 67.9 Å². The summed E-state index contributed by atoms with van der Waals surface area (Å²) in [7, 11) is 7.36. The van der Waals surface area contributed by atoms with E-state index in [4.69, 9.17) is 0 Å². The lowest BCUT2D eigenvalue weighted by Gasteiger charge is -2.30. The van der Waals surface area contributed by atoms with E-state index in [0.717, 1.165) is 21.6 Å². The van der Waals surface area contributed by atoms with Crippen molar-refractivity contribution in [3.05, 3.63) is 0 Å². The monoisotopic (exact) mass is 360 g/mol. The summed E-state index contributed by atoms with van der Waals surface area (Å²) >= 11 is 0. The zero-order valence-electron chi connectivity index (χ0n) is 12.1. The van der Waals surface area contributed by atoms with E-state index < -0.39 is 0 Å². The molecule has 1 N–H and O–H groups in total. The average Bonchev–Trinajstić information content (AvgIpc) is 2.42. The van der Waals surface area contributed by atoms with Gasteiger partial charge in [0.05, 0.1) is 14.2 Å². The van der Waals surface area contributed by atoms with Crippen LogP contribution in [0.5, 0.6) is 0 Å². The van der Waals surface area contributed by atoms with Crippen LogP contribution in [0.3, 0.4) is 0 Å². The van der Waals surface area contributed by atoms with Gasteiger partial charge in [-0.3, -0.25) is 4.72 Å². The second-order valence-corrected chi connectivity index (χ2v) is 7.86. The molecule has 6 nitrogen and oxygen atoms in total. The van der Waals surface area contributed by atoms with Crippen molar-refractivity contribution in [2.75, 3.05) is 20.8 Å². The van der Waals surface area contributed by atoms with Gasteiger partial charge in [0.15, 0.2) is 0 Å². The first-order valence-corrected chi connectivity index (χ1v) is 10.0. The van der Waals surface area contributed by atoms with Crippen LogP contribution in [-0.2, 0) is 9.47 Å². The molecule has 0 aliphatic carbocycles. The summed E-state index contributed by atoms with van der Waals surface area (Å²) in [5, 5.41) is -0.664. The molecule has 0 saturated carbocycles.